The lowest BCUT2D eigenvalue weighted by Crippen LogP contribution is -2.37. The Bertz CT molecular complexity index is 2260. The maximum Gasteiger partial charge on any atom is 0.416 e. The van der Waals surface area contributed by atoms with Crippen LogP contribution in [0.15, 0.2) is 84.9 Å². The van der Waals surface area contributed by atoms with Gasteiger partial charge in [-0.15, -0.1) is 0 Å². The van der Waals surface area contributed by atoms with Gasteiger partial charge >= 0.3 is 6.18 Å². The van der Waals surface area contributed by atoms with E-state index in [4.69, 9.17) is 23.7 Å². The number of halogens is 3. The third-order valence-electron chi connectivity index (χ3n) is 12.3. The van der Waals surface area contributed by atoms with Gasteiger partial charge in [0, 0.05) is 40.6 Å². The summed E-state index contributed by atoms with van der Waals surface area (Å²) in [5.74, 6) is 3.14. The van der Waals surface area contributed by atoms with Crippen LogP contribution in [0, 0.1) is 5.92 Å². The molecule has 55 heavy (non-hydrogen) atoms. The molecule has 2 atom stereocenters. The normalized spacial score (nSPS) is 21.1. The van der Waals surface area contributed by atoms with E-state index >= 15 is 0 Å². The van der Waals surface area contributed by atoms with Crippen LogP contribution in [-0.4, -0.2) is 47.6 Å². The van der Waals surface area contributed by atoms with Crippen molar-refractivity contribution in [2.24, 2.45) is 5.92 Å². The fourth-order valence-corrected chi connectivity index (χ4v) is 9.79. The average Bonchev–Trinajstić information content (AvgIpc) is 3.48. The zero-order valence-electron chi connectivity index (χ0n) is 31.5. The van der Waals surface area contributed by atoms with Crippen LogP contribution in [-0.2, 0) is 21.9 Å². The van der Waals surface area contributed by atoms with E-state index in [1.807, 2.05) is 48.5 Å². The Morgan fingerprint density at radius 1 is 0.800 bits per heavy atom. The molecule has 6 nitrogen and oxygen atoms in total. The zero-order valence-corrected chi connectivity index (χ0v) is 31.5. The first-order chi connectivity index (χ1) is 26.6. The summed E-state index contributed by atoms with van der Waals surface area (Å²) in [5.41, 5.74) is 4.97. The molecule has 0 bridgehead atoms. The molecule has 5 aromatic rings. The van der Waals surface area contributed by atoms with Gasteiger partial charge in [-0.2, -0.15) is 13.2 Å². The zero-order chi connectivity index (χ0) is 38.1. The second kappa shape index (κ2) is 13.3. The minimum Gasteiger partial charge on any atom is -0.497 e. The molecule has 4 aliphatic rings. The van der Waals surface area contributed by atoms with Crippen molar-refractivity contribution in [1.29, 1.82) is 0 Å². The number of ether oxygens (including phenoxy) is 5. The molecule has 2 unspecified atom stereocenters. The van der Waals surface area contributed by atoms with E-state index in [-0.39, 0.29) is 0 Å². The highest BCUT2D eigenvalue weighted by Crippen LogP contribution is 2.63. The number of benzene rings is 5. The van der Waals surface area contributed by atoms with Crippen LogP contribution >= 0.6 is 0 Å². The number of anilines is 1. The average molecular weight is 748 g/mol. The lowest BCUT2D eigenvalue weighted by atomic mass is 9.63. The molecule has 0 N–H and O–H groups in total. The van der Waals surface area contributed by atoms with Gasteiger partial charge in [-0.05, 0) is 101 Å². The fourth-order valence-electron chi connectivity index (χ4n) is 9.79. The van der Waals surface area contributed by atoms with Crippen molar-refractivity contribution in [1.82, 2.24) is 0 Å². The van der Waals surface area contributed by atoms with E-state index in [1.54, 1.807) is 27.4 Å². The smallest absolute Gasteiger partial charge is 0.416 e. The Kier molecular flexibility index (Phi) is 8.57. The van der Waals surface area contributed by atoms with Gasteiger partial charge in [0.1, 0.15) is 23.0 Å². The van der Waals surface area contributed by atoms with Crippen molar-refractivity contribution >= 4 is 22.5 Å². The van der Waals surface area contributed by atoms with E-state index in [0.29, 0.717) is 43.7 Å². The standard InChI is InChI=1S/C46H44F3NO5/c1-28-6-5-18-44(27-28)38-24-31(46(47,48)49)11-16-34(38)41-36-25-39(50-20-22-54-23-21-50)40(53-4)26-37(36)43-35(42(41)44)17-19-45(55-43,29-7-12-32(51-2)13-8-29)30-9-14-33(52-3)15-10-30/h7-17,19,24-26,28H,5-6,18,20-23,27H2,1-4H3. The molecule has 9 heteroatoms. The summed E-state index contributed by atoms with van der Waals surface area (Å²) in [6, 6.07) is 24.4. The maximum atomic E-state index is 14.5. The Hall–Kier alpha value is -5.15. The highest BCUT2D eigenvalue weighted by Gasteiger charge is 2.51. The number of morpholine rings is 1. The van der Waals surface area contributed by atoms with Crippen molar-refractivity contribution in [3.63, 3.8) is 0 Å². The molecule has 0 amide bonds. The number of hydrogen-bond donors (Lipinski definition) is 0. The highest BCUT2D eigenvalue weighted by molar-refractivity contribution is 6.10. The molecule has 2 aliphatic carbocycles. The van der Waals surface area contributed by atoms with E-state index < -0.39 is 22.8 Å². The summed E-state index contributed by atoms with van der Waals surface area (Å²) in [4.78, 5) is 2.27. The van der Waals surface area contributed by atoms with Gasteiger partial charge in [0.15, 0.2) is 5.60 Å². The largest absolute Gasteiger partial charge is 0.497 e. The predicted octanol–water partition coefficient (Wildman–Crippen LogP) is 10.5. The van der Waals surface area contributed by atoms with Gasteiger partial charge < -0.3 is 28.6 Å². The van der Waals surface area contributed by atoms with Gasteiger partial charge in [-0.1, -0.05) is 56.2 Å². The summed E-state index contributed by atoms with van der Waals surface area (Å²) in [5, 5.41) is 1.77. The second-order valence-corrected chi connectivity index (χ2v) is 15.3. The van der Waals surface area contributed by atoms with E-state index in [2.05, 4.69) is 36.1 Å². The summed E-state index contributed by atoms with van der Waals surface area (Å²) in [6.45, 7) is 4.80. The van der Waals surface area contributed by atoms with Crippen molar-refractivity contribution in [2.45, 2.75) is 49.8 Å². The molecular formula is C46H44F3NO5. The lowest BCUT2D eigenvalue weighted by Gasteiger charge is -2.42. The second-order valence-electron chi connectivity index (χ2n) is 15.3. The predicted molar refractivity (Wildman–Crippen MR) is 209 cm³/mol. The van der Waals surface area contributed by atoms with Gasteiger partial charge in [0.25, 0.3) is 0 Å². The van der Waals surface area contributed by atoms with Crippen LogP contribution in [0.2, 0.25) is 0 Å². The third-order valence-corrected chi connectivity index (χ3v) is 12.3. The van der Waals surface area contributed by atoms with E-state index in [0.717, 1.165) is 92.6 Å². The van der Waals surface area contributed by atoms with Crippen LogP contribution in [0.3, 0.4) is 0 Å². The van der Waals surface area contributed by atoms with Gasteiger partial charge in [0.05, 0.1) is 45.8 Å². The number of fused-ring (bicyclic) bond motifs is 10. The molecule has 2 heterocycles. The first-order valence-electron chi connectivity index (χ1n) is 19.0. The fraction of sp³-hybridized carbons (Fsp3) is 0.348. The Morgan fingerprint density at radius 2 is 1.47 bits per heavy atom. The molecular weight excluding hydrogens is 704 g/mol. The van der Waals surface area contributed by atoms with Gasteiger partial charge in [-0.25, -0.2) is 0 Å². The van der Waals surface area contributed by atoms with Crippen LogP contribution in [0.25, 0.3) is 28.0 Å². The number of methoxy groups -OCH3 is 3. The van der Waals surface area contributed by atoms with Gasteiger partial charge in [-0.3, -0.25) is 0 Å². The van der Waals surface area contributed by atoms with Crippen LogP contribution in [0.5, 0.6) is 23.0 Å². The molecule has 1 saturated heterocycles. The minimum absolute atomic E-state index is 0.319. The molecule has 284 valence electrons. The lowest BCUT2D eigenvalue weighted by molar-refractivity contribution is -0.137. The highest BCUT2D eigenvalue weighted by atomic mass is 19.4. The summed E-state index contributed by atoms with van der Waals surface area (Å²) in [6.07, 6.45) is 3.23. The SMILES string of the molecule is COc1ccc(C2(c3ccc(OC)cc3)C=Cc3c4c(c5cc(N6CCOCC6)c(OC)cc5c3O2)-c2ccc(C(F)(F)F)cc2C42CCCC(C)C2)cc1. The van der Waals surface area contributed by atoms with E-state index in [9.17, 15) is 13.2 Å². The first-order valence-corrected chi connectivity index (χ1v) is 19.0. The molecule has 2 aliphatic heterocycles. The molecule has 2 fully saturated rings. The monoisotopic (exact) mass is 747 g/mol. The molecule has 1 spiro atoms. The summed E-state index contributed by atoms with van der Waals surface area (Å²) < 4.78 is 74.0. The summed E-state index contributed by atoms with van der Waals surface area (Å²) in [7, 11) is 4.96. The molecule has 0 aromatic heterocycles. The summed E-state index contributed by atoms with van der Waals surface area (Å²) >= 11 is 0. The Labute approximate surface area is 319 Å². The van der Waals surface area contributed by atoms with Crippen LogP contribution in [0.1, 0.15) is 66.0 Å². The van der Waals surface area contributed by atoms with Gasteiger partial charge in [0.2, 0.25) is 0 Å². The van der Waals surface area contributed by atoms with Crippen LogP contribution < -0.4 is 23.8 Å². The molecule has 9 rings (SSSR count). The maximum absolute atomic E-state index is 14.5. The number of nitrogens with zero attached hydrogens (tertiary/aromatic N) is 1. The van der Waals surface area contributed by atoms with Crippen molar-refractivity contribution in [3.05, 3.63) is 118 Å². The van der Waals surface area contributed by atoms with Crippen molar-refractivity contribution < 1.29 is 36.9 Å². The number of alkyl halides is 3. The first kappa shape index (κ1) is 35.5. The van der Waals surface area contributed by atoms with E-state index in [1.165, 1.54) is 12.1 Å². The Balaban J connectivity index is 1.38. The molecule has 1 saturated carbocycles. The Morgan fingerprint density at radius 3 is 2.07 bits per heavy atom. The third kappa shape index (κ3) is 5.56. The number of hydrogen-bond acceptors (Lipinski definition) is 6. The van der Waals surface area contributed by atoms with Crippen LogP contribution in [0.4, 0.5) is 18.9 Å². The van der Waals surface area contributed by atoms with Crippen molar-refractivity contribution in [2.75, 3.05) is 52.5 Å². The minimum atomic E-state index is -4.47. The van der Waals surface area contributed by atoms with Crippen molar-refractivity contribution in [3.8, 4) is 34.1 Å². The quantitative estimate of drug-likeness (QED) is 0.172. The molecule has 0 radical (unpaired) electrons. The topological polar surface area (TPSA) is 49.4 Å². The number of rotatable bonds is 6. The molecule has 5 aromatic carbocycles.